The number of nitrogens with zero attached hydrogens (tertiary/aromatic N) is 5. The monoisotopic (exact) mass is 740 g/mol. The van der Waals surface area contributed by atoms with Crippen LogP contribution in [0.4, 0.5) is 13.2 Å². The lowest BCUT2D eigenvalue weighted by Gasteiger charge is -2.28. The first-order chi connectivity index (χ1) is 23.0. The van der Waals surface area contributed by atoms with Crippen molar-refractivity contribution in [3.63, 3.8) is 0 Å². The van der Waals surface area contributed by atoms with Crippen LogP contribution in [-0.2, 0) is 19.6 Å². The molecule has 1 aliphatic rings. The summed E-state index contributed by atoms with van der Waals surface area (Å²) in [5.74, 6) is -0.549. The first-order valence-corrected chi connectivity index (χ1v) is 15.7. The molecule has 0 saturated carbocycles. The zero-order valence-corrected chi connectivity index (χ0v) is 27.2. The number of carbonyl (C=O) groups excluding carboxylic acids is 2. The molecule has 48 heavy (non-hydrogen) atoms. The summed E-state index contributed by atoms with van der Waals surface area (Å²) in [5, 5.41) is 3.25. The van der Waals surface area contributed by atoms with E-state index in [-0.39, 0.29) is 54.9 Å². The number of aromatic nitrogens is 4. The van der Waals surface area contributed by atoms with Crippen molar-refractivity contribution in [1.29, 1.82) is 0 Å². The number of halogens is 5. The van der Waals surface area contributed by atoms with Gasteiger partial charge >= 0.3 is 11.9 Å². The van der Waals surface area contributed by atoms with Crippen LogP contribution in [0.1, 0.15) is 32.1 Å². The van der Waals surface area contributed by atoms with Gasteiger partial charge in [-0.3, -0.25) is 18.7 Å². The van der Waals surface area contributed by atoms with Gasteiger partial charge in [0.05, 0.1) is 22.9 Å². The van der Waals surface area contributed by atoms with E-state index < -0.39 is 24.4 Å². The zero-order valence-electron chi connectivity index (χ0n) is 24.9. The molecule has 0 saturated heterocycles. The maximum atomic E-state index is 14.1. The van der Waals surface area contributed by atoms with Gasteiger partial charge in [0.15, 0.2) is 12.4 Å². The molecule has 6 rings (SSSR count). The molecule has 0 radical (unpaired) electrons. The highest BCUT2D eigenvalue weighted by molar-refractivity contribution is 9.10. The van der Waals surface area contributed by atoms with Gasteiger partial charge in [0.2, 0.25) is 0 Å². The number of rotatable bonds is 8. The van der Waals surface area contributed by atoms with E-state index in [1.807, 2.05) is 24.3 Å². The maximum absolute atomic E-state index is 14.1. The van der Waals surface area contributed by atoms with E-state index in [1.165, 1.54) is 44.4 Å². The molecule has 0 unspecified atom stereocenters. The minimum absolute atomic E-state index is 0.0243. The Labute approximate surface area is 284 Å². The Balaban J connectivity index is 1.36. The Hall–Kier alpha value is -4.95. The van der Waals surface area contributed by atoms with Crippen LogP contribution in [-0.4, -0.2) is 55.1 Å². The van der Waals surface area contributed by atoms with Gasteiger partial charge in [-0.25, -0.2) is 14.8 Å². The predicted octanol–water partition coefficient (Wildman–Crippen LogP) is 6.04. The number of amides is 2. The largest absolute Gasteiger partial charge is 0.484 e. The average Bonchev–Trinajstić information content (AvgIpc) is 3.39. The number of nitrogens with one attached hydrogen (secondary N) is 1. The van der Waals surface area contributed by atoms with E-state index in [4.69, 9.17) is 16.3 Å². The number of ether oxygens (including phenoxy) is 1. The van der Waals surface area contributed by atoms with E-state index >= 15 is 0 Å². The predicted molar refractivity (Wildman–Crippen MR) is 174 cm³/mol. The summed E-state index contributed by atoms with van der Waals surface area (Å²) >= 11 is 9.55. The van der Waals surface area contributed by atoms with Crippen molar-refractivity contribution in [2.45, 2.75) is 25.8 Å². The average molecular weight is 742 g/mol. The third-order valence-corrected chi connectivity index (χ3v) is 8.84. The van der Waals surface area contributed by atoms with Crippen LogP contribution in [0.3, 0.4) is 0 Å². The van der Waals surface area contributed by atoms with Crippen molar-refractivity contribution in [2.24, 2.45) is 0 Å². The van der Waals surface area contributed by atoms with Crippen molar-refractivity contribution in [3.8, 4) is 22.8 Å². The van der Waals surface area contributed by atoms with Crippen LogP contribution in [0.15, 0.2) is 94.5 Å². The summed E-state index contributed by atoms with van der Waals surface area (Å²) < 4.78 is 46.2. The fourth-order valence-electron chi connectivity index (χ4n) is 5.36. The number of fused-ring (bicyclic) bond motifs is 1. The maximum Gasteiger partial charge on any atom is 0.422 e. The molecule has 3 heterocycles. The molecule has 5 aromatic rings. The quantitative estimate of drug-likeness (QED) is 0.208. The molecule has 15 heteroatoms. The second-order valence-corrected chi connectivity index (χ2v) is 12.0. The standard InChI is InChI=1S/C33H25BrClF3N6O4/c34-25-11-6-20(16-26(25)35)31(46)42-14-15-43-27(18-42)28(44(32(43)47)22-7-9-23(10-8-22)48-19-33(36,37)38)30(45)41-17-21-4-1-2-5-24(21)29-39-12-3-13-40-29/h1-13,16H,14-15,17-19H2,(H,41,45). The van der Waals surface area contributed by atoms with Crippen LogP contribution in [0.2, 0.25) is 5.02 Å². The topological polar surface area (TPSA) is 111 Å². The number of hydrogen-bond acceptors (Lipinski definition) is 6. The Morgan fingerprint density at radius 3 is 2.42 bits per heavy atom. The second kappa shape index (κ2) is 13.6. The first kappa shape index (κ1) is 33.0. The highest BCUT2D eigenvalue weighted by atomic mass is 79.9. The molecule has 0 fully saturated rings. The van der Waals surface area contributed by atoms with Gasteiger partial charge in [-0.15, -0.1) is 0 Å². The Morgan fingerprint density at radius 2 is 1.71 bits per heavy atom. The smallest absolute Gasteiger partial charge is 0.422 e. The molecule has 0 spiro atoms. The van der Waals surface area contributed by atoms with Gasteiger partial charge in [-0.2, -0.15) is 13.2 Å². The summed E-state index contributed by atoms with van der Waals surface area (Å²) in [7, 11) is 0. The number of alkyl halides is 3. The van der Waals surface area contributed by atoms with Gasteiger partial charge < -0.3 is 15.0 Å². The summed E-state index contributed by atoms with van der Waals surface area (Å²) in [6.07, 6.45) is -1.31. The van der Waals surface area contributed by atoms with Crippen molar-refractivity contribution in [1.82, 2.24) is 29.3 Å². The molecular weight excluding hydrogens is 717 g/mol. The summed E-state index contributed by atoms with van der Waals surface area (Å²) in [6.45, 7) is -1.23. The van der Waals surface area contributed by atoms with Crippen molar-refractivity contribution < 1.29 is 27.5 Å². The van der Waals surface area contributed by atoms with Gasteiger partial charge in [0.25, 0.3) is 11.8 Å². The SMILES string of the molecule is O=C(NCc1ccccc1-c1ncccn1)c1c2n(c(=O)n1-c1ccc(OCC(F)(F)F)cc1)CCN(C(=O)c1ccc(Br)c(Cl)c1)C2. The highest BCUT2D eigenvalue weighted by Gasteiger charge is 2.33. The summed E-state index contributed by atoms with van der Waals surface area (Å²) in [5.41, 5.74) is 1.70. The van der Waals surface area contributed by atoms with Crippen LogP contribution in [0.5, 0.6) is 5.75 Å². The molecule has 2 aromatic heterocycles. The van der Waals surface area contributed by atoms with Crippen molar-refractivity contribution >= 4 is 39.3 Å². The number of carbonyl (C=O) groups is 2. The van der Waals surface area contributed by atoms with Gasteiger partial charge in [-0.05, 0) is 70.0 Å². The molecule has 0 bridgehead atoms. The fraction of sp³-hybridized carbons (Fsp3) is 0.182. The normalized spacial score (nSPS) is 12.8. The fourth-order valence-corrected chi connectivity index (χ4v) is 5.79. The molecule has 0 atom stereocenters. The molecule has 3 aromatic carbocycles. The van der Waals surface area contributed by atoms with E-state index in [1.54, 1.807) is 30.6 Å². The van der Waals surface area contributed by atoms with Gasteiger partial charge in [0, 0.05) is 47.6 Å². The van der Waals surface area contributed by atoms with Crippen LogP contribution in [0, 0.1) is 0 Å². The van der Waals surface area contributed by atoms with Crippen molar-refractivity contribution in [2.75, 3.05) is 13.2 Å². The number of hydrogen-bond donors (Lipinski definition) is 1. The molecule has 0 aliphatic carbocycles. The van der Waals surface area contributed by atoms with E-state index in [2.05, 4.69) is 31.2 Å². The lowest BCUT2D eigenvalue weighted by atomic mass is 10.1. The third-order valence-electron chi connectivity index (χ3n) is 7.61. The molecule has 246 valence electrons. The molecule has 1 aliphatic heterocycles. The zero-order chi connectivity index (χ0) is 34.0. The second-order valence-electron chi connectivity index (χ2n) is 10.7. The van der Waals surface area contributed by atoms with E-state index in [9.17, 15) is 27.6 Å². The lowest BCUT2D eigenvalue weighted by molar-refractivity contribution is -0.153. The number of imidazole rings is 1. The van der Waals surface area contributed by atoms with Gasteiger partial charge in [-0.1, -0.05) is 35.9 Å². The Morgan fingerprint density at radius 1 is 0.979 bits per heavy atom. The first-order valence-electron chi connectivity index (χ1n) is 14.5. The number of benzene rings is 3. The molecular formula is C33H25BrClF3N6O4. The van der Waals surface area contributed by atoms with Crippen LogP contribution in [0.25, 0.3) is 17.1 Å². The third kappa shape index (κ3) is 6.99. The summed E-state index contributed by atoms with van der Waals surface area (Å²) in [4.78, 5) is 51.6. The van der Waals surface area contributed by atoms with Crippen LogP contribution >= 0.6 is 27.5 Å². The lowest BCUT2D eigenvalue weighted by Crippen LogP contribution is -2.41. The summed E-state index contributed by atoms with van der Waals surface area (Å²) in [6, 6.07) is 19.1. The highest BCUT2D eigenvalue weighted by Crippen LogP contribution is 2.27. The van der Waals surface area contributed by atoms with Crippen LogP contribution < -0.4 is 15.7 Å². The van der Waals surface area contributed by atoms with E-state index in [0.29, 0.717) is 32.0 Å². The molecule has 2 amide bonds. The molecule has 10 nitrogen and oxygen atoms in total. The minimum Gasteiger partial charge on any atom is -0.484 e. The van der Waals surface area contributed by atoms with Crippen molar-refractivity contribution in [3.05, 3.63) is 128 Å². The minimum atomic E-state index is -4.53. The van der Waals surface area contributed by atoms with E-state index in [0.717, 1.165) is 0 Å². The molecule has 1 N–H and O–H groups in total. The Kier molecular flexibility index (Phi) is 9.38. The van der Waals surface area contributed by atoms with Gasteiger partial charge in [0.1, 0.15) is 11.4 Å². The Bertz CT molecular complexity index is 2050.